The van der Waals surface area contributed by atoms with Crippen molar-refractivity contribution >= 4 is 17.7 Å². The van der Waals surface area contributed by atoms with Crippen LogP contribution in [0.15, 0.2) is 42.0 Å². The molecule has 72 heavy (non-hydrogen) atoms. The van der Waals surface area contributed by atoms with E-state index in [-0.39, 0.29) is 23.7 Å². The molecule has 0 bridgehead atoms. The Balaban J connectivity index is 0.899. The second kappa shape index (κ2) is 20.5. The number of aliphatic hydroxyl groups excluding tert-OH is 5. The summed E-state index contributed by atoms with van der Waals surface area (Å²) in [5.41, 5.74) is -2.09. The Bertz CT molecular complexity index is 2160. The smallest absolute Gasteiger partial charge is 0.338 e. The fourth-order valence-corrected chi connectivity index (χ4v) is 14.7. The van der Waals surface area contributed by atoms with Crippen LogP contribution in [0.1, 0.15) is 110 Å². The minimum atomic E-state index is -1.67. The Morgan fingerprint density at radius 1 is 0.750 bits per heavy atom. The summed E-state index contributed by atoms with van der Waals surface area (Å²) in [6, 6.07) is 8.80. The van der Waals surface area contributed by atoms with Crippen molar-refractivity contribution in [2.45, 2.75) is 215 Å². The predicted molar refractivity (Wildman–Crippen MR) is 250 cm³/mol. The third-order valence-electron chi connectivity index (χ3n) is 18.6. The molecule has 9 rings (SSSR count). The third-order valence-corrected chi connectivity index (χ3v) is 18.6. The van der Waals surface area contributed by atoms with E-state index in [2.05, 4.69) is 6.92 Å². The van der Waals surface area contributed by atoms with E-state index in [0.29, 0.717) is 56.1 Å². The zero-order chi connectivity index (χ0) is 51.8. The minimum absolute atomic E-state index is 0.00801. The van der Waals surface area contributed by atoms with E-state index in [9.17, 15) is 39.9 Å². The summed E-state index contributed by atoms with van der Waals surface area (Å²) in [5.74, 6) is -1.81. The van der Waals surface area contributed by atoms with Crippen molar-refractivity contribution in [3.8, 4) is 0 Å². The lowest BCUT2D eigenvalue weighted by Gasteiger charge is -2.61. The van der Waals surface area contributed by atoms with Crippen molar-refractivity contribution in [2.24, 2.45) is 28.6 Å². The van der Waals surface area contributed by atoms with E-state index < -0.39 is 145 Å². The quantitative estimate of drug-likeness (QED) is 0.0777. The molecule has 4 aliphatic heterocycles. The van der Waals surface area contributed by atoms with Gasteiger partial charge in [-0.25, -0.2) is 9.59 Å². The molecule has 19 nitrogen and oxygen atoms in total. The van der Waals surface area contributed by atoms with Crippen molar-refractivity contribution < 1.29 is 92.0 Å². The van der Waals surface area contributed by atoms with Gasteiger partial charge in [0.15, 0.2) is 18.9 Å². The summed E-state index contributed by atoms with van der Waals surface area (Å²) in [6.45, 7) is 12.2. The van der Waals surface area contributed by atoms with Gasteiger partial charge < -0.3 is 77.6 Å². The van der Waals surface area contributed by atoms with Crippen molar-refractivity contribution in [3.63, 3.8) is 0 Å². The van der Waals surface area contributed by atoms with Crippen LogP contribution in [-0.4, -0.2) is 180 Å². The van der Waals surface area contributed by atoms with Gasteiger partial charge in [-0.1, -0.05) is 38.1 Å². The summed E-state index contributed by atoms with van der Waals surface area (Å²) in [5, 5.41) is 52.5. The van der Waals surface area contributed by atoms with Gasteiger partial charge in [-0.2, -0.15) is 0 Å². The van der Waals surface area contributed by atoms with Gasteiger partial charge in [0.05, 0.1) is 36.6 Å². The molecule has 8 fully saturated rings. The van der Waals surface area contributed by atoms with Gasteiger partial charge in [-0.15, -0.1) is 0 Å². The summed E-state index contributed by atoms with van der Waals surface area (Å²) in [7, 11) is 2.94. The first-order valence-electron chi connectivity index (χ1n) is 25.9. The fourth-order valence-electron chi connectivity index (χ4n) is 14.7. The van der Waals surface area contributed by atoms with Crippen LogP contribution in [0.3, 0.4) is 0 Å². The summed E-state index contributed by atoms with van der Waals surface area (Å²) in [4.78, 5) is 41.8. The average Bonchev–Trinajstić information content (AvgIpc) is 3.91. The van der Waals surface area contributed by atoms with Gasteiger partial charge in [0.1, 0.15) is 78.0 Å². The van der Waals surface area contributed by atoms with Gasteiger partial charge in [0.25, 0.3) is 0 Å². The molecule has 0 aromatic heterocycles. The van der Waals surface area contributed by atoms with Crippen LogP contribution < -0.4 is 0 Å². The molecule has 24 atom stereocenters. The molecule has 2 spiro atoms. The number of benzene rings is 1. The van der Waals surface area contributed by atoms with Crippen molar-refractivity contribution in [3.05, 3.63) is 47.5 Å². The van der Waals surface area contributed by atoms with Crippen LogP contribution in [0, 0.1) is 28.6 Å². The number of hydrogen-bond donors (Lipinski definition) is 5. The molecule has 1 aromatic rings. The number of aliphatic hydroxyl groups is 5. The van der Waals surface area contributed by atoms with Crippen molar-refractivity contribution in [1.82, 2.24) is 0 Å². The van der Waals surface area contributed by atoms with Gasteiger partial charge in [0.2, 0.25) is 0 Å². The maximum Gasteiger partial charge on any atom is 0.338 e. The largest absolute Gasteiger partial charge is 0.454 e. The number of epoxide rings is 1. The van der Waals surface area contributed by atoms with Gasteiger partial charge in [0, 0.05) is 43.5 Å². The Hall–Kier alpha value is -2.99. The Morgan fingerprint density at radius 3 is 2.11 bits per heavy atom. The highest BCUT2D eigenvalue weighted by Crippen LogP contribution is 2.81. The normalized spacial score (nSPS) is 48.8. The number of hydrogen-bond acceptors (Lipinski definition) is 19. The third kappa shape index (κ3) is 8.72. The molecule has 402 valence electrons. The molecule has 4 heterocycles. The number of carbonyl (C=O) groups excluding carboxylic acids is 3. The highest BCUT2D eigenvalue weighted by atomic mass is 16.8. The van der Waals surface area contributed by atoms with Gasteiger partial charge >= 0.3 is 11.9 Å². The predicted octanol–water partition coefficient (Wildman–Crippen LogP) is 3.06. The maximum atomic E-state index is 14.3. The minimum Gasteiger partial charge on any atom is -0.454 e. The molecule has 4 saturated heterocycles. The molecular formula is C53H76O19. The van der Waals surface area contributed by atoms with Crippen LogP contribution >= 0.6 is 0 Å². The maximum absolute atomic E-state index is 14.3. The highest BCUT2D eigenvalue weighted by Gasteiger charge is 2.91. The second-order valence-electron chi connectivity index (χ2n) is 22.2. The molecular weight excluding hydrogens is 941 g/mol. The number of ketones is 1. The fraction of sp³-hybridized carbons (Fsp3) is 0.792. The van der Waals surface area contributed by atoms with Crippen LogP contribution in [0.25, 0.3) is 0 Å². The lowest BCUT2D eigenvalue weighted by molar-refractivity contribution is -0.371. The van der Waals surface area contributed by atoms with Crippen molar-refractivity contribution in [2.75, 3.05) is 20.8 Å². The number of ether oxygens (including phenoxy) is 11. The zero-order valence-corrected chi connectivity index (χ0v) is 42.8. The number of esters is 2. The molecule has 4 aliphatic carbocycles. The molecule has 5 N–H and O–H groups in total. The Labute approximate surface area is 421 Å². The topological polar surface area (TPSA) is 257 Å². The van der Waals surface area contributed by atoms with E-state index in [1.165, 1.54) is 7.11 Å². The number of Topliss-reactive ketones (excluding diaryl/α,β-unsaturated/α-hetero) is 1. The Kier molecular flexibility index (Phi) is 15.3. The van der Waals surface area contributed by atoms with Gasteiger partial charge in [-0.3, -0.25) is 4.79 Å². The number of rotatable bonds is 14. The lowest BCUT2D eigenvalue weighted by Crippen LogP contribution is -2.70. The Morgan fingerprint density at radius 2 is 1.44 bits per heavy atom. The summed E-state index contributed by atoms with van der Waals surface area (Å²) < 4.78 is 69.7. The van der Waals surface area contributed by atoms with Crippen LogP contribution in [0.5, 0.6) is 0 Å². The first kappa shape index (κ1) is 53.8. The SMILES string of the molecule is C/C=C(\C)C(=O)O[C@@H]1[C@@H](OC(=O)c2ccccc2)[C@@H]2[C@@]3(C)CC[C@H](O[C@H]4C[C@@H](OC)[C@H](O[C@@H]5O[C@H](C)[C@@H](O[C@@H]6O[C@H](CO)[C@@H](O)[C@H](O)[C@H]6O)[C@H](OC)[C@H]5O)[C@@H](C)O4)C[C@@H]3CC[C@]23O[C@@]32CC[C@@H](C(C)=O)[C@@]12C. The molecule has 0 unspecified atom stereocenters. The number of fused-ring (bicyclic) bond motifs is 2. The first-order valence-corrected chi connectivity index (χ1v) is 25.9. The van der Waals surface area contributed by atoms with E-state index in [0.717, 1.165) is 6.42 Å². The summed E-state index contributed by atoms with van der Waals surface area (Å²) in [6.07, 6.45) is -11.0. The summed E-state index contributed by atoms with van der Waals surface area (Å²) >= 11 is 0. The number of methoxy groups -OCH3 is 2. The van der Waals surface area contributed by atoms with Crippen LogP contribution in [0.4, 0.5) is 0 Å². The van der Waals surface area contributed by atoms with Crippen molar-refractivity contribution in [1.29, 1.82) is 0 Å². The monoisotopic (exact) mass is 1020 g/mol. The van der Waals surface area contributed by atoms with E-state index in [1.807, 2.05) is 19.9 Å². The molecule has 0 radical (unpaired) electrons. The zero-order valence-electron chi connectivity index (χ0n) is 42.8. The molecule has 4 saturated carbocycles. The number of carbonyl (C=O) groups is 3. The first-order chi connectivity index (χ1) is 34.2. The van der Waals surface area contributed by atoms with Gasteiger partial charge in [-0.05, 0) is 103 Å². The highest BCUT2D eigenvalue weighted by molar-refractivity contribution is 5.90. The lowest BCUT2D eigenvalue weighted by atomic mass is 9.43. The molecule has 8 aliphatic rings. The standard InChI is InChI=1S/C53H76O19/c1-10-25(2)46(60)71-45-43(68-47(61)29-14-12-11-13-15-29)44-50(6)19-17-31(22-30(50)16-20-52(44)53(72-52)21-18-32(26(3)55)51(45,53)7)66-35-23-33(62-8)40(27(4)64-35)69-49-39(59)42(63-9)41(28(5)65-49)70-48-38(58)37(57)36(56)34(24-54)67-48/h10-15,27-28,30-45,48-49,54,56-59H,16-24H2,1-9H3/b25-10+/t27-,28-,30+,31+,32+,33-,34-,35+,36-,37+,38-,39-,40-,41-,42-,43+,44-,45-,48+,49+,50+,51+,52+,53-/m1/s1. The second-order valence-corrected chi connectivity index (χ2v) is 22.2. The average molecular weight is 1020 g/mol. The van der Waals surface area contributed by atoms with E-state index in [4.69, 9.17) is 52.1 Å². The molecule has 0 amide bonds. The molecule has 1 aromatic carbocycles. The van der Waals surface area contributed by atoms with E-state index >= 15 is 0 Å². The van der Waals surface area contributed by atoms with Crippen LogP contribution in [-0.2, 0) is 61.7 Å². The molecule has 19 heteroatoms. The number of allylic oxidation sites excluding steroid dienone is 1. The van der Waals surface area contributed by atoms with Crippen LogP contribution in [0.2, 0.25) is 0 Å². The van der Waals surface area contributed by atoms with E-state index in [1.54, 1.807) is 65.1 Å².